The molecule has 2 fully saturated rings. The zero-order valence-corrected chi connectivity index (χ0v) is 14.0. The Kier molecular flexibility index (Phi) is 4.39. The standard InChI is InChI=1S/C13H7N3O2S4/c17-10-8(21-12(19)15-10)4-6-2-1-3-7(14-6)5-9-11(18)16-13(20)22-9/h1-5H,(H,15,17,19)(H,16,18,20)/b8-4+,9-5+. The first kappa shape index (κ1) is 15.3. The number of hydrogen-bond acceptors (Lipinski definition) is 7. The molecule has 1 aromatic rings. The third-order valence-electron chi connectivity index (χ3n) is 2.63. The highest BCUT2D eigenvalue weighted by atomic mass is 32.2. The van der Waals surface area contributed by atoms with Gasteiger partial charge in [0.05, 0.1) is 21.2 Å². The van der Waals surface area contributed by atoms with Crippen molar-refractivity contribution in [3.8, 4) is 0 Å². The van der Waals surface area contributed by atoms with Gasteiger partial charge < -0.3 is 10.6 Å². The molecule has 2 aliphatic rings. The molecule has 2 saturated heterocycles. The average molecular weight is 365 g/mol. The van der Waals surface area contributed by atoms with Gasteiger partial charge in [-0.25, -0.2) is 4.98 Å². The van der Waals surface area contributed by atoms with E-state index in [0.29, 0.717) is 29.8 Å². The van der Waals surface area contributed by atoms with Gasteiger partial charge in [-0.15, -0.1) is 0 Å². The Morgan fingerprint density at radius 1 is 0.909 bits per heavy atom. The van der Waals surface area contributed by atoms with Crippen molar-refractivity contribution >= 4 is 80.6 Å². The van der Waals surface area contributed by atoms with Gasteiger partial charge in [0.25, 0.3) is 11.8 Å². The predicted molar refractivity (Wildman–Crippen MR) is 96.9 cm³/mol. The third kappa shape index (κ3) is 3.43. The number of pyridine rings is 1. The molecule has 2 aliphatic heterocycles. The van der Waals surface area contributed by atoms with Crippen LogP contribution in [-0.2, 0) is 9.59 Å². The number of thiocarbonyl (C=S) groups is 2. The first-order valence-electron chi connectivity index (χ1n) is 5.98. The molecule has 3 heterocycles. The van der Waals surface area contributed by atoms with Crippen LogP contribution in [0.15, 0.2) is 28.0 Å². The van der Waals surface area contributed by atoms with Crippen LogP contribution in [0.4, 0.5) is 0 Å². The van der Waals surface area contributed by atoms with E-state index >= 15 is 0 Å². The van der Waals surface area contributed by atoms with Crippen LogP contribution in [0.2, 0.25) is 0 Å². The molecule has 0 saturated carbocycles. The van der Waals surface area contributed by atoms with Crippen LogP contribution in [0.25, 0.3) is 12.2 Å². The monoisotopic (exact) mass is 365 g/mol. The number of thioether (sulfide) groups is 2. The number of amides is 2. The number of aromatic nitrogens is 1. The van der Waals surface area contributed by atoms with Crippen molar-refractivity contribution in [2.24, 2.45) is 0 Å². The summed E-state index contributed by atoms with van der Waals surface area (Å²) in [5.74, 6) is -0.451. The third-order valence-corrected chi connectivity index (χ3v) is 4.96. The summed E-state index contributed by atoms with van der Waals surface area (Å²) in [6.45, 7) is 0. The highest BCUT2D eigenvalue weighted by Gasteiger charge is 2.23. The van der Waals surface area contributed by atoms with Crippen molar-refractivity contribution in [2.45, 2.75) is 0 Å². The van der Waals surface area contributed by atoms with Crippen LogP contribution in [0.1, 0.15) is 11.4 Å². The molecular weight excluding hydrogens is 358 g/mol. The van der Waals surface area contributed by atoms with Crippen LogP contribution >= 0.6 is 48.0 Å². The van der Waals surface area contributed by atoms with E-state index in [4.69, 9.17) is 24.4 Å². The fourth-order valence-corrected chi connectivity index (χ4v) is 3.80. The summed E-state index contributed by atoms with van der Waals surface area (Å²) in [4.78, 5) is 28.7. The van der Waals surface area contributed by atoms with E-state index in [1.54, 1.807) is 30.4 Å². The van der Waals surface area contributed by atoms with E-state index in [1.165, 1.54) is 23.5 Å². The lowest BCUT2D eigenvalue weighted by molar-refractivity contribution is -0.116. The SMILES string of the molecule is O=C1NC(=S)S/C1=C/c1cccc(/C=C2/SC(=S)NC2=O)n1. The zero-order valence-electron chi connectivity index (χ0n) is 10.8. The molecule has 110 valence electrons. The summed E-state index contributed by atoms with van der Waals surface area (Å²) in [6, 6.07) is 5.35. The van der Waals surface area contributed by atoms with E-state index in [1.807, 2.05) is 0 Å². The lowest BCUT2D eigenvalue weighted by Crippen LogP contribution is -2.17. The van der Waals surface area contributed by atoms with Gasteiger partial charge in [-0.2, -0.15) is 0 Å². The van der Waals surface area contributed by atoms with Gasteiger partial charge in [0, 0.05) is 0 Å². The number of rotatable bonds is 2. The van der Waals surface area contributed by atoms with Crippen molar-refractivity contribution in [2.75, 3.05) is 0 Å². The average Bonchev–Trinajstić information content (AvgIpc) is 2.92. The van der Waals surface area contributed by atoms with E-state index in [2.05, 4.69) is 15.6 Å². The van der Waals surface area contributed by atoms with Gasteiger partial charge in [-0.3, -0.25) is 9.59 Å². The Morgan fingerprint density at radius 2 is 1.36 bits per heavy atom. The van der Waals surface area contributed by atoms with E-state index < -0.39 is 0 Å². The van der Waals surface area contributed by atoms with Gasteiger partial charge in [0.2, 0.25) is 0 Å². The normalized spacial score (nSPS) is 21.6. The second-order valence-electron chi connectivity index (χ2n) is 4.19. The Bertz CT molecular complexity index is 724. The van der Waals surface area contributed by atoms with E-state index in [-0.39, 0.29) is 11.8 Å². The molecule has 0 spiro atoms. The summed E-state index contributed by atoms with van der Waals surface area (Å²) in [5, 5.41) is 5.10. The molecule has 22 heavy (non-hydrogen) atoms. The summed E-state index contributed by atoms with van der Waals surface area (Å²) in [6.07, 6.45) is 3.32. The van der Waals surface area contributed by atoms with Crippen molar-refractivity contribution in [1.29, 1.82) is 0 Å². The van der Waals surface area contributed by atoms with Crippen LogP contribution < -0.4 is 10.6 Å². The lowest BCUT2D eigenvalue weighted by Gasteiger charge is -1.98. The number of nitrogens with one attached hydrogen (secondary N) is 2. The molecule has 0 aromatic carbocycles. The Morgan fingerprint density at radius 3 is 1.73 bits per heavy atom. The number of nitrogens with zero attached hydrogens (tertiary/aromatic N) is 1. The molecule has 0 atom stereocenters. The van der Waals surface area contributed by atoms with Crippen molar-refractivity contribution < 1.29 is 9.59 Å². The van der Waals surface area contributed by atoms with E-state index in [0.717, 1.165) is 0 Å². The molecule has 0 bridgehead atoms. The van der Waals surface area contributed by atoms with Crippen LogP contribution in [0, 0.1) is 0 Å². The molecular formula is C13H7N3O2S4. The van der Waals surface area contributed by atoms with Crippen LogP contribution in [0.5, 0.6) is 0 Å². The summed E-state index contributed by atoms with van der Waals surface area (Å²) < 4.78 is 0.865. The summed E-state index contributed by atoms with van der Waals surface area (Å²) in [7, 11) is 0. The Balaban J connectivity index is 1.88. The quantitative estimate of drug-likeness (QED) is 0.614. The number of hydrogen-bond donors (Lipinski definition) is 2. The maximum absolute atomic E-state index is 11.6. The Hall–Kier alpha value is -1.55. The van der Waals surface area contributed by atoms with Crippen LogP contribution in [-0.4, -0.2) is 25.4 Å². The maximum Gasteiger partial charge on any atom is 0.263 e. The van der Waals surface area contributed by atoms with Crippen molar-refractivity contribution in [3.63, 3.8) is 0 Å². The van der Waals surface area contributed by atoms with E-state index in [9.17, 15) is 9.59 Å². The zero-order chi connectivity index (χ0) is 15.7. The minimum Gasteiger partial charge on any atom is -0.307 e. The molecule has 1 aromatic heterocycles. The fraction of sp³-hybridized carbons (Fsp3) is 0. The molecule has 0 aliphatic carbocycles. The lowest BCUT2D eigenvalue weighted by atomic mass is 10.2. The highest BCUT2D eigenvalue weighted by Crippen LogP contribution is 2.27. The molecule has 2 amide bonds. The molecule has 3 rings (SSSR count). The van der Waals surface area contributed by atoms with Crippen LogP contribution in [0.3, 0.4) is 0 Å². The summed E-state index contributed by atoms with van der Waals surface area (Å²) >= 11 is 12.3. The van der Waals surface area contributed by atoms with Gasteiger partial charge >= 0.3 is 0 Å². The molecule has 2 N–H and O–H groups in total. The maximum atomic E-state index is 11.6. The molecule has 0 unspecified atom stereocenters. The minimum absolute atomic E-state index is 0.225. The molecule has 5 nitrogen and oxygen atoms in total. The van der Waals surface area contributed by atoms with Crippen molar-refractivity contribution in [3.05, 3.63) is 39.4 Å². The summed E-state index contributed by atoms with van der Waals surface area (Å²) in [5.41, 5.74) is 1.23. The first-order chi connectivity index (χ1) is 10.5. The van der Waals surface area contributed by atoms with Gasteiger partial charge in [-0.05, 0) is 24.3 Å². The second-order valence-corrected chi connectivity index (χ2v) is 7.63. The first-order valence-corrected chi connectivity index (χ1v) is 8.43. The van der Waals surface area contributed by atoms with Gasteiger partial charge in [-0.1, -0.05) is 54.0 Å². The highest BCUT2D eigenvalue weighted by molar-refractivity contribution is 8.27. The smallest absolute Gasteiger partial charge is 0.263 e. The van der Waals surface area contributed by atoms with Gasteiger partial charge in [0.15, 0.2) is 0 Å². The van der Waals surface area contributed by atoms with Gasteiger partial charge in [0.1, 0.15) is 8.64 Å². The fourth-order valence-electron chi connectivity index (χ4n) is 1.74. The number of carbonyl (C=O) groups is 2. The predicted octanol–water partition coefficient (Wildman–Crippen LogP) is 2.06. The minimum atomic E-state index is -0.225. The Labute approximate surface area is 145 Å². The largest absolute Gasteiger partial charge is 0.307 e. The molecule has 9 heteroatoms. The molecule has 0 radical (unpaired) electrons. The number of carbonyl (C=O) groups excluding carboxylic acids is 2. The van der Waals surface area contributed by atoms with Crippen molar-refractivity contribution in [1.82, 2.24) is 15.6 Å². The topological polar surface area (TPSA) is 71.1 Å². The second kappa shape index (κ2) is 6.29.